The van der Waals surface area contributed by atoms with Crippen LogP contribution in [-0.2, 0) is 0 Å². The second kappa shape index (κ2) is 6.86. The van der Waals surface area contributed by atoms with Crippen molar-refractivity contribution in [2.75, 3.05) is 11.9 Å². The van der Waals surface area contributed by atoms with Crippen LogP contribution in [0.15, 0.2) is 46.9 Å². The highest BCUT2D eigenvalue weighted by Crippen LogP contribution is 2.20. The second-order valence-corrected chi connectivity index (χ2v) is 4.91. The molecule has 1 amide bonds. The summed E-state index contributed by atoms with van der Waals surface area (Å²) in [7, 11) is 0. The molecule has 0 radical (unpaired) electrons. The number of carbonyl (C=O) groups excluding carboxylic acids is 1. The van der Waals surface area contributed by atoms with Crippen LogP contribution in [-0.4, -0.2) is 12.5 Å². The first kappa shape index (κ1) is 15.0. The van der Waals surface area contributed by atoms with Gasteiger partial charge in [-0.15, -0.1) is 0 Å². The monoisotopic (exact) mass is 348 g/mol. The first-order valence-corrected chi connectivity index (χ1v) is 6.75. The van der Waals surface area contributed by atoms with Gasteiger partial charge in [-0.1, -0.05) is 6.07 Å². The third-order valence-electron chi connectivity index (χ3n) is 2.58. The van der Waals surface area contributed by atoms with Crippen LogP contribution in [0.4, 0.5) is 10.1 Å². The standard InChI is InChI=1S/C15H10BrFN2O2/c16-13-8-10(4-5-14(13)17)15(20)19-11-2-1-3-12(9-11)21-7-6-18/h1-5,8-9H,7H2,(H,19,20). The summed E-state index contributed by atoms with van der Waals surface area (Å²) in [5, 5.41) is 11.1. The van der Waals surface area contributed by atoms with Crippen molar-refractivity contribution in [3.05, 3.63) is 58.3 Å². The van der Waals surface area contributed by atoms with Crippen molar-refractivity contribution in [3.8, 4) is 11.8 Å². The van der Waals surface area contributed by atoms with Crippen molar-refractivity contribution in [1.82, 2.24) is 0 Å². The van der Waals surface area contributed by atoms with Crippen molar-refractivity contribution in [2.45, 2.75) is 0 Å². The van der Waals surface area contributed by atoms with Crippen LogP contribution < -0.4 is 10.1 Å². The fourth-order valence-corrected chi connectivity index (χ4v) is 2.00. The van der Waals surface area contributed by atoms with E-state index in [0.29, 0.717) is 17.0 Å². The quantitative estimate of drug-likeness (QED) is 0.915. The highest BCUT2D eigenvalue weighted by atomic mass is 79.9. The molecular weight excluding hydrogens is 339 g/mol. The number of halogens is 2. The van der Waals surface area contributed by atoms with Gasteiger partial charge in [0.05, 0.1) is 4.47 Å². The Labute approximate surface area is 129 Å². The maximum atomic E-state index is 13.1. The minimum Gasteiger partial charge on any atom is -0.479 e. The van der Waals surface area contributed by atoms with E-state index in [2.05, 4.69) is 21.2 Å². The Kier molecular flexibility index (Phi) is 4.90. The Morgan fingerprint density at radius 1 is 1.33 bits per heavy atom. The Balaban J connectivity index is 2.12. The number of hydrogen-bond donors (Lipinski definition) is 1. The highest BCUT2D eigenvalue weighted by molar-refractivity contribution is 9.10. The highest BCUT2D eigenvalue weighted by Gasteiger charge is 2.09. The van der Waals surface area contributed by atoms with E-state index < -0.39 is 5.82 Å². The van der Waals surface area contributed by atoms with Gasteiger partial charge in [-0.3, -0.25) is 4.79 Å². The first-order valence-electron chi connectivity index (χ1n) is 5.96. The number of ether oxygens (including phenoxy) is 1. The molecule has 2 aromatic carbocycles. The summed E-state index contributed by atoms with van der Waals surface area (Å²) in [5.41, 5.74) is 0.850. The molecule has 0 spiro atoms. The summed E-state index contributed by atoms with van der Waals surface area (Å²) < 4.78 is 18.5. The van der Waals surface area contributed by atoms with E-state index in [4.69, 9.17) is 10.00 Å². The van der Waals surface area contributed by atoms with E-state index in [1.54, 1.807) is 24.3 Å². The molecule has 2 aromatic rings. The molecular formula is C15H10BrFN2O2. The summed E-state index contributed by atoms with van der Waals surface area (Å²) in [6.07, 6.45) is 0. The van der Waals surface area contributed by atoms with Crippen LogP contribution in [0, 0.1) is 17.1 Å². The van der Waals surface area contributed by atoms with E-state index in [1.165, 1.54) is 18.2 Å². The summed E-state index contributed by atoms with van der Waals surface area (Å²) in [5.74, 6) is -0.318. The molecule has 4 nitrogen and oxygen atoms in total. The number of benzene rings is 2. The molecule has 0 aliphatic rings. The molecule has 0 aromatic heterocycles. The number of hydrogen-bond acceptors (Lipinski definition) is 3. The van der Waals surface area contributed by atoms with Gasteiger partial charge >= 0.3 is 0 Å². The Hall–Kier alpha value is -2.39. The SMILES string of the molecule is N#CCOc1cccc(NC(=O)c2ccc(F)c(Br)c2)c1. The van der Waals surface area contributed by atoms with Crippen molar-refractivity contribution in [3.63, 3.8) is 0 Å². The normalized spacial score (nSPS) is 9.76. The fraction of sp³-hybridized carbons (Fsp3) is 0.0667. The third kappa shape index (κ3) is 4.04. The zero-order valence-corrected chi connectivity index (χ0v) is 12.4. The maximum Gasteiger partial charge on any atom is 0.255 e. The van der Waals surface area contributed by atoms with Crippen molar-refractivity contribution in [2.24, 2.45) is 0 Å². The van der Waals surface area contributed by atoms with Gasteiger partial charge in [0.1, 0.15) is 17.6 Å². The van der Waals surface area contributed by atoms with E-state index in [0.717, 1.165) is 0 Å². The summed E-state index contributed by atoms with van der Waals surface area (Å²) in [6.45, 7) is -0.0672. The largest absolute Gasteiger partial charge is 0.479 e. The van der Waals surface area contributed by atoms with Gasteiger partial charge in [0.15, 0.2) is 6.61 Å². The lowest BCUT2D eigenvalue weighted by atomic mass is 10.2. The lowest BCUT2D eigenvalue weighted by Crippen LogP contribution is -2.12. The predicted octanol–water partition coefficient (Wildman–Crippen LogP) is 3.74. The van der Waals surface area contributed by atoms with Gasteiger partial charge in [0, 0.05) is 17.3 Å². The minimum absolute atomic E-state index is 0.0672. The van der Waals surface area contributed by atoms with Crippen LogP contribution >= 0.6 is 15.9 Å². The van der Waals surface area contributed by atoms with Gasteiger partial charge in [-0.25, -0.2) is 4.39 Å². The average molecular weight is 349 g/mol. The number of nitriles is 1. The van der Waals surface area contributed by atoms with E-state index in [9.17, 15) is 9.18 Å². The number of anilines is 1. The molecule has 0 saturated carbocycles. The molecule has 0 saturated heterocycles. The molecule has 106 valence electrons. The topological polar surface area (TPSA) is 62.1 Å². The molecule has 21 heavy (non-hydrogen) atoms. The zero-order chi connectivity index (χ0) is 15.2. The number of rotatable bonds is 4. The van der Waals surface area contributed by atoms with Gasteiger partial charge in [-0.05, 0) is 46.3 Å². The maximum absolute atomic E-state index is 13.1. The van der Waals surface area contributed by atoms with Crippen molar-refractivity contribution < 1.29 is 13.9 Å². The molecule has 0 heterocycles. The lowest BCUT2D eigenvalue weighted by molar-refractivity contribution is 0.102. The Bertz CT molecular complexity index is 713. The fourth-order valence-electron chi connectivity index (χ4n) is 1.62. The van der Waals surface area contributed by atoms with Crippen LogP contribution in [0.5, 0.6) is 5.75 Å². The summed E-state index contributed by atoms with van der Waals surface area (Å²) in [4.78, 5) is 12.1. The molecule has 1 N–H and O–H groups in total. The van der Waals surface area contributed by atoms with Crippen LogP contribution in [0.1, 0.15) is 10.4 Å². The van der Waals surface area contributed by atoms with Crippen LogP contribution in [0.2, 0.25) is 0 Å². The molecule has 0 fully saturated rings. The van der Waals surface area contributed by atoms with Crippen molar-refractivity contribution >= 4 is 27.5 Å². The molecule has 2 rings (SSSR count). The smallest absolute Gasteiger partial charge is 0.255 e. The molecule has 0 unspecified atom stereocenters. The number of nitrogens with one attached hydrogen (secondary N) is 1. The number of nitrogens with zero attached hydrogens (tertiary/aromatic N) is 1. The zero-order valence-electron chi connectivity index (χ0n) is 10.8. The van der Waals surface area contributed by atoms with E-state index >= 15 is 0 Å². The third-order valence-corrected chi connectivity index (χ3v) is 3.18. The Morgan fingerprint density at radius 3 is 2.86 bits per heavy atom. The Morgan fingerprint density at radius 2 is 2.14 bits per heavy atom. The number of amides is 1. The molecule has 0 bridgehead atoms. The van der Waals surface area contributed by atoms with E-state index in [-0.39, 0.29) is 17.0 Å². The first-order chi connectivity index (χ1) is 10.1. The molecule has 0 aliphatic carbocycles. The molecule has 0 atom stereocenters. The molecule has 6 heteroatoms. The van der Waals surface area contributed by atoms with Crippen LogP contribution in [0.3, 0.4) is 0 Å². The lowest BCUT2D eigenvalue weighted by Gasteiger charge is -2.08. The van der Waals surface area contributed by atoms with E-state index in [1.807, 2.05) is 6.07 Å². The van der Waals surface area contributed by atoms with Crippen molar-refractivity contribution in [1.29, 1.82) is 5.26 Å². The minimum atomic E-state index is -0.432. The second-order valence-electron chi connectivity index (χ2n) is 4.06. The molecule has 0 aliphatic heterocycles. The van der Waals surface area contributed by atoms with Gasteiger partial charge < -0.3 is 10.1 Å². The summed E-state index contributed by atoms with van der Waals surface area (Å²) >= 11 is 3.03. The summed E-state index contributed by atoms with van der Waals surface area (Å²) in [6, 6.07) is 12.5. The predicted molar refractivity (Wildman–Crippen MR) is 79.6 cm³/mol. The number of carbonyl (C=O) groups is 1. The average Bonchev–Trinajstić information content (AvgIpc) is 2.48. The van der Waals surface area contributed by atoms with Gasteiger partial charge in [0.2, 0.25) is 0 Å². The van der Waals surface area contributed by atoms with Gasteiger partial charge in [0.25, 0.3) is 5.91 Å². The van der Waals surface area contributed by atoms with Crippen LogP contribution in [0.25, 0.3) is 0 Å². The van der Waals surface area contributed by atoms with Gasteiger partial charge in [-0.2, -0.15) is 5.26 Å².